The number of hydrogen-bond donors (Lipinski definition) is 0. The highest BCUT2D eigenvalue weighted by Gasteiger charge is 2.51. The van der Waals surface area contributed by atoms with Crippen molar-refractivity contribution in [2.24, 2.45) is 11.3 Å². The minimum absolute atomic E-state index is 0.300. The lowest BCUT2D eigenvalue weighted by Gasteiger charge is -2.17. The molecule has 0 aromatic heterocycles. The molecule has 1 fully saturated rings. The second-order valence-corrected chi connectivity index (χ2v) is 4.94. The third-order valence-corrected chi connectivity index (χ3v) is 2.20. The highest BCUT2D eigenvalue weighted by atomic mass is 19.1. The van der Waals surface area contributed by atoms with Crippen molar-refractivity contribution in [3.05, 3.63) is 0 Å². The van der Waals surface area contributed by atoms with Crippen LogP contribution in [0.1, 0.15) is 40.5 Å². The van der Waals surface area contributed by atoms with E-state index in [9.17, 15) is 4.39 Å². The summed E-state index contributed by atoms with van der Waals surface area (Å²) in [5.74, 6) is 0.340. The van der Waals surface area contributed by atoms with E-state index in [4.69, 9.17) is 0 Å². The fourth-order valence-corrected chi connectivity index (χ4v) is 1.45. The maximum Gasteiger partial charge on any atom is 0.111 e. The van der Waals surface area contributed by atoms with Crippen molar-refractivity contribution >= 4 is 0 Å². The molecular weight excluding hydrogens is 127 g/mol. The molecule has 2 unspecified atom stereocenters. The molecular formula is C9H17F. The Morgan fingerprint density at radius 2 is 1.90 bits per heavy atom. The Kier molecular flexibility index (Phi) is 1.57. The van der Waals surface area contributed by atoms with Crippen LogP contribution in [0.25, 0.3) is 0 Å². The van der Waals surface area contributed by atoms with Crippen molar-refractivity contribution in [1.82, 2.24) is 0 Å². The van der Waals surface area contributed by atoms with E-state index >= 15 is 0 Å². The number of alkyl halides is 1. The Balaban J connectivity index is 2.31. The van der Waals surface area contributed by atoms with Gasteiger partial charge in [-0.2, -0.15) is 0 Å². The summed E-state index contributed by atoms with van der Waals surface area (Å²) in [5, 5.41) is 0. The third kappa shape index (κ3) is 1.96. The quantitative estimate of drug-likeness (QED) is 0.530. The maximum absolute atomic E-state index is 13.0. The maximum atomic E-state index is 13.0. The Labute approximate surface area is 62.8 Å². The minimum Gasteiger partial charge on any atom is -0.244 e. The minimum atomic E-state index is -0.826. The van der Waals surface area contributed by atoms with Crippen LogP contribution in [-0.4, -0.2) is 5.67 Å². The summed E-state index contributed by atoms with van der Waals surface area (Å²) in [4.78, 5) is 0. The zero-order chi connectivity index (χ0) is 7.99. The molecule has 0 aromatic carbocycles. The largest absolute Gasteiger partial charge is 0.244 e. The SMILES string of the molecule is CC(C)(C)CC1CC1(C)F. The molecule has 10 heavy (non-hydrogen) atoms. The van der Waals surface area contributed by atoms with Gasteiger partial charge in [0.2, 0.25) is 0 Å². The molecule has 2 atom stereocenters. The van der Waals surface area contributed by atoms with Crippen molar-refractivity contribution < 1.29 is 4.39 Å². The van der Waals surface area contributed by atoms with Crippen molar-refractivity contribution in [2.75, 3.05) is 0 Å². The van der Waals surface area contributed by atoms with Gasteiger partial charge in [-0.05, 0) is 31.1 Å². The molecule has 1 aliphatic rings. The number of halogens is 1. The van der Waals surface area contributed by atoms with Crippen molar-refractivity contribution in [2.45, 2.75) is 46.2 Å². The molecule has 0 amide bonds. The molecule has 0 bridgehead atoms. The second-order valence-electron chi connectivity index (χ2n) is 4.94. The summed E-state index contributed by atoms with van der Waals surface area (Å²) in [7, 11) is 0. The van der Waals surface area contributed by atoms with Gasteiger partial charge in [-0.3, -0.25) is 0 Å². The normalized spacial score (nSPS) is 39.9. The summed E-state index contributed by atoms with van der Waals surface area (Å²) in [6.07, 6.45) is 1.81. The molecule has 60 valence electrons. The van der Waals surface area contributed by atoms with Gasteiger partial charge < -0.3 is 0 Å². The van der Waals surface area contributed by atoms with Crippen LogP contribution < -0.4 is 0 Å². The van der Waals surface area contributed by atoms with E-state index in [0.29, 0.717) is 11.3 Å². The van der Waals surface area contributed by atoms with Gasteiger partial charge in [0.1, 0.15) is 5.67 Å². The first-order valence-electron chi connectivity index (χ1n) is 4.00. The molecule has 0 aliphatic heterocycles. The van der Waals surface area contributed by atoms with Crippen LogP contribution in [-0.2, 0) is 0 Å². The van der Waals surface area contributed by atoms with E-state index in [1.54, 1.807) is 6.92 Å². The molecule has 0 spiro atoms. The Bertz CT molecular complexity index is 130. The topological polar surface area (TPSA) is 0 Å². The lowest BCUT2D eigenvalue weighted by Crippen LogP contribution is -2.09. The van der Waals surface area contributed by atoms with Crippen LogP contribution in [0.4, 0.5) is 4.39 Å². The number of rotatable bonds is 1. The van der Waals surface area contributed by atoms with E-state index in [1.165, 1.54) is 0 Å². The van der Waals surface area contributed by atoms with Gasteiger partial charge in [0.05, 0.1) is 0 Å². The molecule has 1 aliphatic carbocycles. The van der Waals surface area contributed by atoms with Gasteiger partial charge in [-0.15, -0.1) is 0 Å². The van der Waals surface area contributed by atoms with Gasteiger partial charge in [-0.25, -0.2) is 4.39 Å². The molecule has 1 heteroatoms. The van der Waals surface area contributed by atoms with Crippen LogP contribution in [0.2, 0.25) is 0 Å². The molecule has 1 saturated carbocycles. The van der Waals surface area contributed by atoms with Crippen molar-refractivity contribution in [3.8, 4) is 0 Å². The second kappa shape index (κ2) is 1.96. The monoisotopic (exact) mass is 144 g/mol. The Hall–Kier alpha value is -0.0700. The van der Waals surface area contributed by atoms with Crippen molar-refractivity contribution in [3.63, 3.8) is 0 Å². The molecule has 0 nitrogen and oxygen atoms in total. The number of hydrogen-bond acceptors (Lipinski definition) is 0. The predicted octanol–water partition coefficient (Wildman–Crippen LogP) is 3.17. The summed E-state index contributed by atoms with van der Waals surface area (Å²) >= 11 is 0. The van der Waals surface area contributed by atoms with E-state index in [-0.39, 0.29) is 0 Å². The van der Waals surface area contributed by atoms with Crippen LogP contribution in [0.5, 0.6) is 0 Å². The molecule has 0 aromatic rings. The van der Waals surface area contributed by atoms with Crippen LogP contribution in [0.3, 0.4) is 0 Å². The highest BCUT2D eigenvalue weighted by molar-refractivity contribution is 5.01. The summed E-state index contributed by atoms with van der Waals surface area (Å²) < 4.78 is 13.0. The van der Waals surface area contributed by atoms with Gasteiger partial charge in [0.15, 0.2) is 0 Å². The lowest BCUT2D eigenvalue weighted by atomic mass is 9.89. The molecule has 0 saturated heterocycles. The van der Waals surface area contributed by atoms with Gasteiger partial charge >= 0.3 is 0 Å². The first-order chi connectivity index (χ1) is 4.31. The van der Waals surface area contributed by atoms with Crippen LogP contribution >= 0.6 is 0 Å². The highest BCUT2D eigenvalue weighted by Crippen LogP contribution is 2.52. The summed E-state index contributed by atoms with van der Waals surface area (Å²) in [5.41, 5.74) is -0.526. The Morgan fingerprint density at radius 3 is 2.00 bits per heavy atom. The smallest absolute Gasteiger partial charge is 0.111 e. The Morgan fingerprint density at radius 1 is 1.50 bits per heavy atom. The van der Waals surface area contributed by atoms with Crippen molar-refractivity contribution in [1.29, 1.82) is 0 Å². The first kappa shape index (κ1) is 8.03. The average Bonchev–Trinajstić information content (AvgIpc) is 2.05. The molecule has 0 heterocycles. The van der Waals surface area contributed by atoms with Gasteiger partial charge in [0.25, 0.3) is 0 Å². The average molecular weight is 144 g/mol. The zero-order valence-corrected chi connectivity index (χ0v) is 7.37. The summed E-state index contributed by atoms with van der Waals surface area (Å²) in [6.45, 7) is 8.22. The fraction of sp³-hybridized carbons (Fsp3) is 1.00. The van der Waals surface area contributed by atoms with E-state index < -0.39 is 5.67 Å². The first-order valence-corrected chi connectivity index (χ1v) is 4.00. The molecule has 0 radical (unpaired) electrons. The lowest BCUT2D eigenvalue weighted by molar-refractivity contribution is 0.261. The van der Waals surface area contributed by atoms with Gasteiger partial charge in [-0.1, -0.05) is 20.8 Å². The van der Waals surface area contributed by atoms with E-state index in [1.807, 2.05) is 0 Å². The summed E-state index contributed by atoms with van der Waals surface area (Å²) in [6, 6.07) is 0. The fourth-order valence-electron chi connectivity index (χ4n) is 1.45. The van der Waals surface area contributed by atoms with E-state index in [2.05, 4.69) is 20.8 Å². The standard InChI is InChI=1S/C9H17F/c1-8(2,3)5-7-6-9(7,4)10/h7H,5-6H2,1-4H3. The molecule has 0 N–H and O–H groups in total. The van der Waals surface area contributed by atoms with Gasteiger partial charge in [0, 0.05) is 0 Å². The molecule has 1 rings (SSSR count). The third-order valence-electron chi connectivity index (χ3n) is 2.20. The van der Waals surface area contributed by atoms with Crippen LogP contribution in [0.15, 0.2) is 0 Å². The van der Waals surface area contributed by atoms with E-state index in [0.717, 1.165) is 12.8 Å². The van der Waals surface area contributed by atoms with Crippen LogP contribution in [0, 0.1) is 11.3 Å². The zero-order valence-electron chi connectivity index (χ0n) is 7.37. The predicted molar refractivity (Wildman–Crippen MR) is 41.7 cm³/mol.